The van der Waals surface area contributed by atoms with Gasteiger partial charge in [-0.2, -0.15) is 8.78 Å². The summed E-state index contributed by atoms with van der Waals surface area (Å²) in [5, 5.41) is 2.65. The Hall–Kier alpha value is -3.01. The van der Waals surface area contributed by atoms with Crippen LogP contribution in [0.3, 0.4) is 0 Å². The number of alkyl halides is 2. The molecule has 1 N–H and O–H groups in total. The molecule has 162 valence electrons. The zero-order chi connectivity index (χ0) is 22.3. The van der Waals surface area contributed by atoms with Gasteiger partial charge in [0.25, 0.3) is 5.91 Å². The SMILES string of the molecule is COc1ccc(CCNC(=O)C(C)OC(=O)c2ccc(S(=O)(=O)C(F)F)cc2)cc1. The van der Waals surface area contributed by atoms with Crippen molar-refractivity contribution in [3.8, 4) is 5.75 Å². The molecule has 0 saturated heterocycles. The number of nitrogens with one attached hydrogen (secondary N) is 1. The maximum absolute atomic E-state index is 12.5. The molecule has 10 heteroatoms. The Bertz CT molecular complexity index is 975. The van der Waals surface area contributed by atoms with Crippen LogP contribution < -0.4 is 10.1 Å². The number of benzene rings is 2. The molecule has 0 aliphatic heterocycles. The van der Waals surface area contributed by atoms with Gasteiger partial charge in [-0.25, -0.2) is 13.2 Å². The van der Waals surface area contributed by atoms with E-state index in [2.05, 4.69) is 5.32 Å². The number of amides is 1. The third-order valence-electron chi connectivity index (χ3n) is 4.18. The van der Waals surface area contributed by atoms with Gasteiger partial charge >= 0.3 is 11.7 Å². The number of ether oxygens (including phenoxy) is 2. The summed E-state index contributed by atoms with van der Waals surface area (Å²) >= 11 is 0. The van der Waals surface area contributed by atoms with E-state index in [0.29, 0.717) is 13.0 Å². The van der Waals surface area contributed by atoms with Gasteiger partial charge in [0.05, 0.1) is 17.6 Å². The van der Waals surface area contributed by atoms with Crippen molar-refractivity contribution in [3.63, 3.8) is 0 Å². The van der Waals surface area contributed by atoms with Gasteiger partial charge in [0.1, 0.15) is 5.75 Å². The molecular formula is C20H21F2NO6S. The molecule has 30 heavy (non-hydrogen) atoms. The summed E-state index contributed by atoms with van der Waals surface area (Å²) in [4.78, 5) is 23.6. The van der Waals surface area contributed by atoms with Gasteiger partial charge < -0.3 is 14.8 Å². The Kier molecular flexibility index (Phi) is 7.87. The molecule has 0 heterocycles. The van der Waals surface area contributed by atoms with E-state index in [1.54, 1.807) is 19.2 Å². The molecule has 2 aromatic rings. The fourth-order valence-corrected chi connectivity index (χ4v) is 3.15. The number of methoxy groups -OCH3 is 1. The Morgan fingerprint density at radius 1 is 1.03 bits per heavy atom. The Balaban J connectivity index is 1.86. The zero-order valence-electron chi connectivity index (χ0n) is 16.3. The van der Waals surface area contributed by atoms with Crippen LogP contribution in [0.25, 0.3) is 0 Å². The van der Waals surface area contributed by atoms with Crippen molar-refractivity contribution in [2.75, 3.05) is 13.7 Å². The third-order valence-corrected chi connectivity index (χ3v) is 5.58. The molecule has 1 amide bonds. The second-order valence-corrected chi connectivity index (χ2v) is 8.18. The van der Waals surface area contributed by atoms with Crippen molar-refractivity contribution in [1.29, 1.82) is 0 Å². The van der Waals surface area contributed by atoms with Crippen molar-refractivity contribution in [2.24, 2.45) is 0 Å². The van der Waals surface area contributed by atoms with Crippen LogP contribution in [0.15, 0.2) is 53.4 Å². The number of carbonyl (C=O) groups is 2. The first-order chi connectivity index (χ1) is 14.1. The minimum Gasteiger partial charge on any atom is -0.497 e. The smallest absolute Gasteiger partial charge is 0.341 e. The van der Waals surface area contributed by atoms with E-state index in [4.69, 9.17) is 9.47 Å². The first kappa shape index (κ1) is 23.3. The molecule has 2 rings (SSSR count). The van der Waals surface area contributed by atoms with Crippen LogP contribution in [0, 0.1) is 0 Å². The lowest BCUT2D eigenvalue weighted by atomic mass is 10.1. The fourth-order valence-electron chi connectivity index (χ4n) is 2.43. The molecule has 1 unspecified atom stereocenters. The van der Waals surface area contributed by atoms with Crippen LogP contribution in [0.1, 0.15) is 22.8 Å². The minimum absolute atomic E-state index is 0.0684. The first-order valence-corrected chi connectivity index (χ1v) is 10.4. The predicted octanol–water partition coefficient (Wildman–Crippen LogP) is 2.60. The molecule has 7 nitrogen and oxygen atoms in total. The molecule has 0 bridgehead atoms. The van der Waals surface area contributed by atoms with Crippen LogP contribution in [0.2, 0.25) is 0 Å². The van der Waals surface area contributed by atoms with Crippen LogP contribution in [-0.4, -0.2) is 45.8 Å². The summed E-state index contributed by atoms with van der Waals surface area (Å²) in [6.07, 6.45) is -0.533. The zero-order valence-corrected chi connectivity index (χ0v) is 17.1. The molecule has 0 spiro atoms. The van der Waals surface area contributed by atoms with E-state index < -0.39 is 38.5 Å². The average Bonchev–Trinajstić information content (AvgIpc) is 2.74. The lowest BCUT2D eigenvalue weighted by molar-refractivity contribution is -0.129. The van der Waals surface area contributed by atoms with Crippen LogP contribution in [0.5, 0.6) is 5.75 Å². The van der Waals surface area contributed by atoms with Crippen LogP contribution in [-0.2, 0) is 25.8 Å². The summed E-state index contributed by atoms with van der Waals surface area (Å²) in [6.45, 7) is 1.71. The van der Waals surface area contributed by atoms with Crippen LogP contribution >= 0.6 is 0 Å². The standard InChI is InChI=1S/C20H21F2NO6S/c1-13(18(24)23-12-11-14-3-7-16(28-2)8-4-14)29-19(25)15-5-9-17(10-6-15)30(26,27)20(21)22/h3-10,13,20H,11-12H2,1-2H3,(H,23,24). The number of hydrogen-bond acceptors (Lipinski definition) is 6. The molecule has 0 aromatic heterocycles. The summed E-state index contributed by atoms with van der Waals surface area (Å²) < 4.78 is 58.0. The number of carbonyl (C=O) groups excluding carboxylic acids is 2. The Labute approximate surface area is 172 Å². The number of rotatable bonds is 9. The highest BCUT2D eigenvalue weighted by Gasteiger charge is 2.27. The van der Waals surface area contributed by atoms with E-state index >= 15 is 0 Å². The summed E-state index contributed by atoms with van der Waals surface area (Å²) in [7, 11) is -3.18. The highest BCUT2D eigenvalue weighted by molar-refractivity contribution is 7.91. The first-order valence-electron chi connectivity index (χ1n) is 8.89. The maximum Gasteiger partial charge on any atom is 0.341 e. The van der Waals surface area contributed by atoms with E-state index in [-0.39, 0.29) is 5.56 Å². The molecule has 0 radical (unpaired) electrons. The highest BCUT2D eigenvalue weighted by Crippen LogP contribution is 2.19. The van der Waals surface area contributed by atoms with E-state index in [9.17, 15) is 26.8 Å². The van der Waals surface area contributed by atoms with Crippen molar-refractivity contribution in [2.45, 2.75) is 30.1 Å². The Morgan fingerprint density at radius 3 is 2.17 bits per heavy atom. The second-order valence-electron chi connectivity index (χ2n) is 6.27. The van der Waals surface area contributed by atoms with Gasteiger partial charge in [0.2, 0.25) is 9.84 Å². The molecule has 0 saturated carbocycles. The summed E-state index contributed by atoms with van der Waals surface area (Å²) in [5.41, 5.74) is 0.917. The topological polar surface area (TPSA) is 98.8 Å². The van der Waals surface area contributed by atoms with Crippen molar-refractivity contribution < 1.29 is 36.3 Å². The van der Waals surface area contributed by atoms with Crippen molar-refractivity contribution in [3.05, 3.63) is 59.7 Å². The maximum atomic E-state index is 12.5. The van der Waals surface area contributed by atoms with E-state index in [1.165, 1.54) is 6.92 Å². The van der Waals surface area contributed by atoms with Gasteiger partial charge in [-0.05, 0) is 55.3 Å². The number of halogens is 2. The van der Waals surface area contributed by atoms with E-state index in [1.807, 2.05) is 12.1 Å². The number of sulfone groups is 1. The predicted molar refractivity (Wildman–Crippen MR) is 104 cm³/mol. The van der Waals surface area contributed by atoms with Crippen molar-refractivity contribution >= 4 is 21.7 Å². The molecule has 0 fully saturated rings. The largest absolute Gasteiger partial charge is 0.497 e. The van der Waals surface area contributed by atoms with Gasteiger partial charge in [-0.3, -0.25) is 4.79 Å². The Morgan fingerprint density at radius 2 is 1.63 bits per heavy atom. The number of hydrogen-bond donors (Lipinski definition) is 1. The van der Waals surface area contributed by atoms with Gasteiger partial charge in [-0.1, -0.05) is 12.1 Å². The quantitative estimate of drug-likeness (QED) is 0.601. The molecule has 2 aromatic carbocycles. The lowest BCUT2D eigenvalue weighted by Gasteiger charge is -2.14. The molecule has 0 aliphatic rings. The minimum atomic E-state index is -4.75. The monoisotopic (exact) mass is 441 g/mol. The number of esters is 1. The summed E-state index contributed by atoms with van der Waals surface area (Å²) in [6, 6.07) is 11.2. The third kappa shape index (κ3) is 5.99. The van der Waals surface area contributed by atoms with Crippen LogP contribution in [0.4, 0.5) is 8.78 Å². The van der Waals surface area contributed by atoms with Gasteiger partial charge in [0, 0.05) is 6.54 Å². The lowest BCUT2D eigenvalue weighted by Crippen LogP contribution is -2.36. The molecule has 1 atom stereocenters. The van der Waals surface area contributed by atoms with E-state index in [0.717, 1.165) is 35.6 Å². The molecule has 0 aliphatic carbocycles. The van der Waals surface area contributed by atoms with Gasteiger partial charge in [-0.15, -0.1) is 0 Å². The average molecular weight is 441 g/mol. The second kappa shape index (κ2) is 10.1. The highest BCUT2D eigenvalue weighted by atomic mass is 32.2. The fraction of sp³-hybridized carbons (Fsp3) is 0.300. The summed E-state index contributed by atoms with van der Waals surface area (Å²) in [5.74, 6) is -4.22. The van der Waals surface area contributed by atoms with Crippen molar-refractivity contribution in [1.82, 2.24) is 5.32 Å². The van der Waals surface area contributed by atoms with Gasteiger partial charge in [0.15, 0.2) is 6.10 Å². The molecular weight excluding hydrogens is 420 g/mol. The normalized spacial score (nSPS) is 12.3.